The molecule has 1 saturated carbocycles. The maximum absolute atomic E-state index is 13.6. The molecule has 0 saturated heterocycles. The second-order valence-corrected chi connectivity index (χ2v) is 9.76. The first-order valence-electron chi connectivity index (χ1n) is 9.96. The van der Waals surface area contributed by atoms with Gasteiger partial charge in [0.25, 0.3) is 5.91 Å². The van der Waals surface area contributed by atoms with Gasteiger partial charge in [-0.05, 0) is 40.5 Å². The van der Waals surface area contributed by atoms with E-state index in [4.69, 9.17) is 9.84 Å². The van der Waals surface area contributed by atoms with Gasteiger partial charge >= 0.3 is 6.09 Å². The van der Waals surface area contributed by atoms with E-state index >= 15 is 0 Å². The van der Waals surface area contributed by atoms with Crippen molar-refractivity contribution in [3.8, 4) is 0 Å². The van der Waals surface area contributed by atoms with Crippen LogP contribution < -0.4 is 0 Å². The molecule has 1 aromatic rings. The van der Waals surface area contributed by atoms with E-state index in [1.165, 1.54) is 0 Å². The molecule has 0 radical (unpaired) electrons. The fraction of sp³-hybridized carbons (Fsp3) is 0.750. The number of nitrogens with zero attached hydrogens (tertiary/aromatic N) is 4. The number of aromatic nitrogens is 2. The van der Waals surface area contributed by atoms with Crippen LogP contribution in [0.25, 0.3) is 0 Å². The molecule has 0 bridgehead atoms. The van der Waals surface area contributed by atoms with E-state index in [0.717, 1.165) is 11.3 Å². The highest BCUT2D eigenvalue weighted by Gasteiger charge is 2.49. The molecule has 1 atom stereocenters. The number of carbonyl (C=O) groups is 2. The van der Waals surface area contributed by atoms with Crippen LogP contribution >= 0.6 is 0 Å². The van der Waals surface area contributed by atoms with E-state index in [0.29, 0.717) is 44.6 Å². The minimum Gasteiger partial charge on any atom is -0.444 e. The number of hydrogen-bond donors (Lipinski definition) is 0. The molecule has 0 N–H and O–H groups in total. The lowest BCUT2D eigenvalue weighted by molar-refractivity contribution is -0.00793. The van der Waals surface area contributed by atoms with Crippen molar-refractivity contribution in [2.75, 3.05) is 13.6 Å². The van der Waals surface area contributed by atoms with Gasteiger partial charge in [0.05, 0.1) is 12.2 Å². The topological polar surface area (TPSA) is 67.7 Å². The molecule has 3 heterocycles. The first-order chi connectivity index (χ1) is 13.0. The Kier molecular flexibility index (Phi) is 4.25. The molecule has 1 fully saturated rings. The van der Waals surface area contributed by atoms with Gasteiger partial charge in [-0.3, -0.25) is 9.48 Å². The predicted molar refractivity (Wildman–Crippen MR) is 101 cm³/mol. The lowest BCUT2D eigenvalue weighted by atomic mass is 9.67. The summed E-state index contributed by atoms with van der Waals surface area (Å²) in [7, 11) is 1.77. The van der Waals surface area contributed by atoms with Crippen LogP contribution in [-0.4, -0.2) is 63.0 Å². The summed E-state index contributed by atoms with van der Waals surface area (Å²) in [4.78, 5) is 29.1. The SMILES string of the molecule is C[C@@H]1Cc2nn3c(c2CN1C(=O)OC(C)(C)C)C(=O)N(C)CC1(CC(F)C1)C3. The molecule has 8 heteroatoms. The van der Waals surface area contributed by atoms with Crippen molar-refractivity contribution in [3.63, 3.8) is 0 Å². The third kappa shape index (κ3) is 3.16. The monoisotopic (exact) mass is 392 g/mol. The van der Waals surface area contributed by atoms with Crippen LogP contribution in [0, 0.1) is 5.41 Å². The minimum absolute atomic E-state index is 0.0674. The van der Waals surface area contributed by atoms with Crippen LogP contribution in [0.3, 0.4) is 0 Å². The Morgan fingerprint density at radius 1 is 1.29 bits per heavy atom. The molecular formula is C20H29FN4O3. The molecule has 7 nitrogen and oxygen atoms in total. The number of ether oxygens (including phenoxy) is 1. The van der Waals surface area contributed by atoms with E-state index in [1.54, 1.807) is 21.5 Å². The maximum Gasteiger partial charge on any atom is 0.410 e. The van der Waals surface area contributed by atoms with Crippen molar-refractivity contribution in [1.82, 2.24) is 19.6 Å². The summed E-state index contributed by atoms with van der Waals surface area (Å²) >= 11 is 0. The number of amides is 2. The normalized spacial score (nSPS) is 29.9. The first kappa shape index (κ1) is 19.2. The maximum atomic E-state index is 13.6. The van der Waals surface area contributed by atoms with Gasteiger partial charge in [0.1, 0.15) is 17.5 Å². The fourth-order valence-electron chi connectivity index (χ4n) is 4.78. The van der Waals surface area contributed by atoms with Gasteiger partial charge in [-0.15, -0.1) is 0 Å². The minimum atomic E-state index is -0.794. The zero-order valence-corrected chi connectivity index (χ0v) is 17.3. The quantitative estimate of drug-likeness (QED) is 0.681. The van der Waals surface area contributed by atoms with E-state index in [9.17, 15) is 14.0 Å². The zero-order chi connectivity index (χ0) is 20.4. The van der Waals surface area contributed by atoms with E-state index in [1.807, 2.05) is 27.7 Å². The molecule has 4 rings (SSSR count). The fourth-order valence-corrected chi connectivity index (χ4v) is 4.78. The van der Waals surface area contributed by atoms with Gasteiger partial charge in [-0.2, -0.15) is 5.10 Å². The molecule has 28 heavy (non-hydrogen) atoms. The van der Waals surface area contributed by atoms with Crippen molar-refractivity contribution in [2.45, 2.75) is 77.9 Å². The second kappa shape index (κ2) is 6.19. The Morgan fingerprint density at radius 3 is 2.57 bits per heavy atom. The smallest absolute Gasteiger partial charge is 0.410 e. The number of rotatable bonds is 0. The number of hydrogen-bond acceptors (Lipinski definition) is 4. The third-order valence-corrected chi connectivity index (χ3v) is 6.03. The average molecular weight is 392 g/mol. The Bertz CT molecular complexity index is 822. The van der Waals surface area contributed by atoms with Gasteiger partial charge in [0.2, 0.25) is 0 Å². The van der Waals surface area contributed by atoms with Gasteiger partial charge in [-0.25, -0.2) is 9.18 Å². The number of carbonyl (C=O) groups excluding carboxylic acids is 2. The Balaban J connectivity index is 1.67. The van der Waals surface area contributed by atoms with E-state index in [2.05, 4.69) is 0 Å². The van der Waals surface area contributed by atoms with Gasteiger partial charge in [0.15, 0.2) is 0 Å². The van der Waals surface area contributed by atoms with Crippen LogP contribution in [-0.2, 0) is 24.2 Å². The average Bonchev–Trinajstić information content (AvgIpc) is 2.81. The van der Waals surface area contributed by atoms with Crippen LogP contribution in [0.4, 0.5) is 9.18 Å². The highest BCUT2D eigenvalue weighted by molar-refractivity contribution is 5.94. The van der Waals surface area contributed by atoms with Crippen LogP contribution in [0.2, 0.25) is 0 Å². The van der Waals surface area contributed by atoms with Crippen molar-refractivity contribution in [3.05, 3.63) is 17.0 Å². The molecule has 154 valence electrons. The van der Waals surface area contributed by atoms with Crippen LogP contribution in [0.1, 0.15) is 62.3 Å². The van der Waals surface area contributed by atoms with Crippen molar-refractivity contribution >= 4 is 12.0 Å². The first-order valence-corrected chi connectivity index (χ1v) is 9.96. The summed E-state index contributed by atoms with van der Waals surface area (Å²) in [6.45, 7) is 8.87. The van der Waals surface area contributed by atoms with Crippen molar-refractivity contribution < 1.29 is 18.7 Å². The van der Waals surface area contributed by atoms with Crippen LogP contribution in [0.15, 0.2) is 0 Å². The van der Waals surface area contributed by atoms with E-state index in [-0.39, 0.29) is 23.5 Å². The predicted octanol–water partition coefficient (Wildman–Crippen LogP) is 2.77. The molecule has 1 aromatic heterocycles. The zero-order valence-electron chi connectivity index (χ0n) is 17.3. The standard InChI is InChI=1S/C20H29FN4O3/c1-12-6-15-14(9-24(12)18(27)28-19(2,3)4)16-17(26)23(5)10-20(7-13(21)8-20)11-25(16)22-15/h12-13H,6-11H2,1-5H3/t12-,13?,20?/m1/s1. The molecule has 2 amide bonds. The number of fused-ring (bicyclic) bond motifs is 3. The van der Waals surface area contributed by atoms with Crippen molar-refractivity contribution in [1.29, 1.82) is 0 Å². The van der Waals surface area contributed by atoms with Gasteiger partial charge in [-0.1, -0.05) is 0 Å². The lowest BCUT2D eigenvalue weighted by Crippen LogP contribution is -2.48. The summed E-state index contributed by atoms with van der Waals surface area (Å²) in [6.07, 6.45) is 0.336. The second-order valence-electron chi connectivity index (χ2n) is 9.76. The highest BCUT2D eigenvalue weighted by atomic mass is 19.1. The molecule has 3 aliphatic rings. The molecule has 1 aliphatic carbocycles. The van der Waals surface area contributed by atoms with Gasteiger partial charge in [0, 0.05) is 43.6 Å². The summed E-state index contributed by atoms with van der Waals surface area (Å²) in [5.41, 5.74) is 1.38. The molecule has 1 spiro atoms. The largest absolute Gasteiger partial charge is 0.444 e. The Hall–Kier alpha value is -2.12. The van der Waals surface area contributed by atoms with Crippen molar-refractivity contribution in [2.24, 2.45) is 5.41 Å². The number of halogens is 1. The summed E-state index contributed by atoms with van der Waals surface area (Å²) in [5.74, 6) is -0.105. The third-order valence-electron chi connectivity index (χ3n) is 6.03. The lowest BCUT2D eigenvalue weighted by Gasteiger charge is -2.44. The molecule has 2 aliphatic heterocycles. The summed E-state index contributed by atoms with van der Waals surface area (Å²) < 4.78 is 21.0. The Morgan fingerprint density at radius 2 is 1.96 bits per heavy atom. The summed E-state index contributed by atoms with van der Waals surface area (Å²) in [5, 5.41) is 4.73. The molecular weight excluding hydrogens is 363 g/mol. The van der Waals surface area contributed by atoms with Gasteiger partial charge < -0.3 is 14.5 Å². The van der Waals surface area contributed by atoms with E-state index < -0.39 is 11.8 Å². The van der Waals surface area contributed by atoms with Crippen LogP contribution in [0.5, 0.6) is 0 Å². The molecule has 0 aromatic carbocycles. The highest BCUT2D eigenvalue weighted by Crippen LogP contribution is 2.47. The Labute approximate surface area is 164 Å². The number of alkyl halides is 1. The molecule has 0 unspecified atom stereocenters. The summed E-state index contributed by atoms with van der Waals surface area (Å²) in [6, 6.07) is -0.0674.